The second-order valence-corrected chi connectivity index (χ2v) is 13.0. The number of phenolic OH excluding ortho intramolecular Hbond substituents is 1. The number of amides is 1. The maximum atomic E-state index is 14.3. The van der Waals surface area contributed by atoms with Gasteiger partial charge in [-0.15, -0.1) is 0 Å². The molecule has 1 aliphatic heterocycles. The molecule has 7 N–H and O–H groups in total. The number of hydrogen-bond acceptors (Lipinski definition) is 11. The number of methoxy groups -OCH3 is 1. The molecule has 1 heterocycles. The van der Waals surface area contributed by atoms with Crippen molar-refractivity contribution in [3.63, 3.8) is 0 Å². The lowest BCUT2D eigenvalue weighted by Crippen LogP contribution is -2.70. The van der Waals surface area contributed by atoms with Crippen LogP contribution in [0.4, 0.5) is 0 Å². The molecule has 0 bridgehead atoms. The van der Waals surface area contributed by atoms with E-state index in [0.717, 1.165) is 37.1 Å². The summed E-state index contributed by atoms with van der Waals surface area (Å²) in [6, 6.07) is 7.39. The highest BCUT2D eigenvalue weighted by molar-refractivity contribution is 6.24. The van der Waals surface area contributed by atoms with E-state index in [1.54, 1.807) is 20.1 Å². The number of likely N-dealkylation sites (tertiary alicyclic amines) is 1. The van der Waals surface area contributed by atoms with E-state index in [1.807, 2.05) is 18.2 Å². The number of nitrogens with zero attached hydrogens (tertiary/aromatic N) is 2. The molecule has 1 amide bonds. The largest absolute Gasteiger partial charge is 0.508 e. The molecule has 0 spiro atoms. The number of Topliss-reactive ketones (excluding diaryl/α,β-unsaturated/α-hetero) is 2. The summed E-state index contributed by atoms with van der Waals surface area (Å²) in [5.74, 6) is -8.57. The Morgan fingerprint density at radius 2 is 1.78 bits per heavy atom. The first-order valence-electron chi connectivity index (χ1n) is 15.3. The Morgan fingerprint density at radius 1 is 1.11 bits per heavy atom. The van der Waals surface area contributed by atoms with Crippen LogP contribution in [0, 0.1) is 11.8 Å². The number of hydrogen-bond donors (Lipinski definition) is 6. The number of aromatic hydroxyl groups is 1. The van der Waals surface area contributed by atoms with E-state index in [1.165, 1.54) is 25.1 Å². The first kappa shape index (κ1) is 31.7. The van der Waals surface area contributed by atoms with Crippen molar-refractivity contribution in [2.75, 3.05) is 34.3 Å². The number of aliphatic hydroxyl groups is 4. The topological polar surface area (TPSA) is 194 Å². The minimum Gasteiger partial charge on any atom is -0.508 e. The van der Waals surface area contributed by atoms with E-state index in [4.69, 9.17) is 10.5 Å². The third-order valence-corrected chi connectivity index (χ3v) is 10.3. The summed E-state index contributed by atoms with van der Waals surface area (Å²) in [6.45, 7) is 4.35. The van der Waals surface area contributed by atoms with Crippen molar-refractivity contribution in [3.05, 3.63) is 63.9 Å². The van der Waals surface area contributed by atoms with Gasteiger partial charge in [0.1, 0.15) is 28.6 Å². The monoisotopic (exact) mass is 633 g/mol. The van der Waals surface area contributed by atoms with Crippen molar-refractivity contribution < 1.29 is 44.7 Å². The molecule has 0 unspecified atom stereocenters. The Hall–Kier alpha value is -4.23. The molecule has 2 fully saturated rings. The average molecular weight is 634 g/mol. The number of likely N-dealkylation sites (N-methyl/N-ethyl adjacent to an activating group) is 1. The van der Waals surface area contributed by atoms with E-state index >= 15 is 0 Å². The molecule has 1 saturated heterocycles. The van der Waals surface area contributed by atoms with E-state index < -0.39 is 75.6 Å². The molecule has 1 saturated carbocycles. The number of ketones is 2. The number of phenols is 1. The van der Waals surface area contributed by atoms with Crippen LogP contribution in [0.3, 0.4) is 0 Å². The summed E-state index contributed by atoms with van der Waals surface area (Å²) in [7, 11) is 4.56. The zero-order valence-electron chi connectivity index (χ0n) is 26.1. The Bertz CT molecular complexity index is 1720. The van der Waals surface area contributed by atoms with Crippen LogP contribution < -0.4 is 10.5 Å². The van der Waals surface area contributed by atoms with Crippen LogP contribution in [-0.4, -0.2) is 105 Å². The maximum absolute atomic E-state index is 14.3. The van der Waals surface area contributed by atoms with Crippen molar-refractivity contribution in [2.24, 2.45) is 17.6 Å². The second kappa shape index (κ2) is 11.2. The third kappa shape index (κ3) is 4.38. The molecular formula is C34H39N3O9. The van der Waals surface area contributed by atoms with Crippen LogP contribution in [0.5, 0.6) is 11.5 Å². The number of rotatable bonds is 6. The SMILES string of the molecule is COc1ccc(-c2ccc(O)c3c2[C@H](C)[C@@H]2C(=C3O)C(=O)[C@]3(O)C(O)=C(C(N)=O)C(=O)[C@@H](N(C)C)[C@@H]3[C@H]2O)cc1CN1CCCC1. The lowest BCUT2D eigenvalue weighted by Gasteiger charge is -2.53. The molecule has 46 heavy (non-hydrogen) atoms. The van der Waals surface area contributed by atoms with Gasteiger partial charge in [0.05, 0.1) is 30.7 Å². The quantitative estimate of drug-likeness (QED) is 0.254. The first-order valence-corrected chi connectivity index (χ1v) is 15.3. The fourth-order valence-corrected chi connectivity index (χ4v) is 8.20. The standard InChI is InChI=1S/C34H39N3O9/c1-15-21-18(16-7-10-20(46-4)17(13-16)14-37-11-5-6-12-37)8-9-19(38)23(21)28(39)24-22(15)29(40)26-27(36(2)3)30(41)25(33(35)44)32(43)34(26,45)31(24)42/h7-10,13,15,22,26-27,29,38-40,43,45H,5-6,11-12,14H2,1-4H3,(H2,35,44)/t15-,22+,26+,27-,29-,34-/m0/s1. The van der Waals surface area contributed by atoms with Crippen LogP contribution in [0.25, 0.3) is 16.9 Å². The molecular weight excluding hydrogens is 594 g/mol. The normalized spacial score (nSPS) is 29.6. The molecule has 4 aliphatic rings. The van der Waals surface area contributed by atoms with Crippen LogP contribution in [0.2, 0.25) is 0 Å². The predicted octanol–water partition coefficient (Wildman–Crippen LogP) is 1.77. The van der Waals surface area contributed by atoms with Gasteiger partial charge in [-0.3, -0.25) is 24.2 Å². The van der Waals surface area contributed by atoms with Gasteiger partial charge in [0.2, 0.25) is 5.78 Å². The number of fused-ring (bicyclic) bond motifs is 3. The van der Waals surface area contributed by atoms with Gasteiger partial charge in [-0.2, -0.15) is 0 Å². The van der Waals surface area contributed by atoms with Gasteiger partial charge in [0.25, 0.3) is 5.91 Å². The van der Waals surface area contributed by atoms with E-state index in [2.05, 4.69) is 4.90 Å². The van der Waals surface area contributed by atoms with Gasteiger partial charge < -0.3 is 36.0 Å². The molecule has 3 aliphatic carbocycles. The highest BCUT2D eigenvalue weighted by Crippen LogP contribution is 2.57. The Labute approximate surface area is 266 Å². The summed E-state index contributed by atoms with van der Waals surface area (Å²) < 4.78 is 5.65. The molecule has 0 radical (unpaired) electrons. The summed E-state index contributed by atoms with van der Waals surface area (Å²) in [4.78, 5) is 43.7. The van der Waals surface area contributed by atoms with Gasteiger partial charge in [-0.05, 0) is 80.8 Å². The predicted molar refractivity (Wildman–Crippen MR) is 167 cm³/mol. The minimum absolute atomic E-state index is 0.0506. The number of carbonyl (C=O) groups is 3. The number of carbonyl (C=O) groups excluding carboxylic acids is 3. The van der Waals surface area contributed by atoms with Gasteiger partial charge in [0.15, 0.2) is 11.4 Å². The molecule has 6 atom stereocenters. The van der Waals surface area contributed by atoms with Crippen molar-refractivity contribution in [1.82, 2.24) is 9.80 Å². The minimum atomic E-state index is -2.96. The zero-order valence-corrected chi connectivity index (χ0v) is 26.1. The average Bonchev–Trinajstić information content (AvgIpc) is 3.52. The van der Waals surface area contributed by atoms with E-state index in [0.29, 0.717) is 23.4 Å². The summed E-state index contributed by atoms with van der Waals surface area (Å²) in [5.41, 5.74) is 3.82. The van der Waals surface area contributed by atoms with Crippen LogP contribution in [0.15, 0.2) is 47.2 Å². The first-order chi connectivity index (χ1) is 21.7. The molecule has 2 aromatic carbocycles. The molecule has 12 nitrogen and oxygen atoms in total. The van der Waals surface area contributed by atoms with Gasteiger partial charge in [-0.25, -0.2) is 0 Å². The van der Waals surface area contributed by atoms with Gasteiger partial charge >= 0.3 is 0 Å². The summed E-state index contributed by atoms with van der Waals surface area (Å²) in [6.07, 6.45) is 0.567. The summed E-state index contributed by atoms with van der Waals surface area (Å²) in [5, 5.41) is 57.8. The van der Waals surface area contributed by atoms with Gasteiger partial charge in [0, 0.05) is 23.6 Å². The Morgan fingerprint density at radius 3 is 2.39 bits per heavy atom. The van der Waals surface area contributed by atoms with Crippen LogP contribution >= 0.6 is 0 Å². The second-order valence-electron chi connectivity index (χ2n) is 13.0. The van der Waals surface area contributed by atoms with E-state index in [9.17, 15) is 39.9 Å². The number of ether oxygens (including phenoxy) is 1. The number of aliphatic hydroxyl groups excluding tert-OH is 3. The maximum Gasteiger partial charge on any atom is 0.255 e. The smallest absolute Gasteiger partial charge is 0.255 e. The van der Waals surface area contributed by atoms with Crippen LogP contribution in [-0.2, 0) is 20.9 Å². The highest BCUT2D eigenvalue weighted by atomic mass is 16.5. The zero-order chi connectivity index (χ0) is 33.4. The molecule has 0 aromatic heterocycles. The van der Waals surface area contributed by atoms with E-state index in [-0.39, 0.29) is 11.3 Å². The number of nitrogens with two attached hydrogens (primary N) is 1. The fourth-order valence-electron chi connectivity index (χ4n) is 8.20. The van der Waals surface area contributed by atoms with Crippen molar-refractivity contribution in [2.45, 2.75) is 50.0 Å². The van der Waals surface area contributed by atoms with Crippen molar-refractivity contribution >= 4 is 23.2 Å². The van der Waals surface area contributed by atoms with Crippen LogP contribution in [0.1, 0.15) is 42.4 Å². The third-order valence-electron chi connectivity index (χ3n) is 10.3. The molecule has 12 heteroatoms. The lowest BCUT2D eigenvalue weighted by atomic mass is 9.54. The Balaban J connectivity index is 1.56. The molecule has 2 aromatic rings. The van der Waals surface area contributed by atoms with Gasteiger partial charge in [-0.1, -0.05) is 19.1 Å². The van der Waals surface area contributed by atoms with Crippen molar-refractivity contribution in [1.29, 1.82) is 0 Å². The molecule has 244 valence electrons. The van der Waals surface area contributed by atoms with Crippen molar-refractivity contribution in [3.8, 4) is 22.6 Å². The number of benzene rings is 2. The highest BCUT2D eigenvalue weighted by Gasteiger charge is 2.68. The number of primary amides is 1. The Kier molecular flexibility index (Phi) is 7.75. The summed E-state index contributed by atoms with van der Waals surface area (Å²) >= 11 is 0. The lowest BCUT2D eigenvalue weighted by molar-refractivity contribution is -0.169. The molecule has 6 rings (SSSR count). The fraction of sp³-hybridized carbons (Fsp3) is 0.441.